The predicted molar refractivity (Wildman–Crippen MR) is 83.1 cm³/mol. The molecule has 120 valence electrons. The largest absolute Gasteiger partial charge is 0.493 e. The maximum absolute atomic E-state index is 12.1. The molecule has 1 aromatic rings. The van der Waals surface area contributed by atoms with E-state index in [1.807, 2.05) is 24.3 Å². The van der Waals surface area contributed by atoms with Crippen molar-refractivity contribution in [2.45, 2.75) is 12.5 Å². The van der Waals surface area contributed by atoms with Crippen LogP contribution in [0.25, 0.3) is 0 Å². The molecule has 2 heterocycles. The van der Waals surface area contributed by atoms with Gasteiger partial charge in [0, 0.05) is 38.2 Å². The van der Waals surface area contributed by atoms with Crippen molar-refractivity contribution in [2.24, 2.45) is 0 Å². The molecule has 1 atom stereocenters. The Morgan fingerprint density at radius 1 is 1.23 bits per heavy atom. The summed E-state index contributed by atoms with van der Waals surface area (Å²) in [5.41, 5.74) is 1.05. The van der Waals surface area contributed by atoms with Crippen LogP contribution in [0.4, 0.5) is 4.79 Å². The SMILES string of the molecule is O=C(NCCN1CCOCC1)NC1CCOc2ccccc21. The molecule has 2 amide bonds. The number of benzene rings is 1. The Hall–Kier alpha value is -1.79. The summed E-state index contributed by atoms with van der Waals surface area (Å²) in [6.45, 7) is 5.59. The number of morpholine rings is 1. The minimum absolute atomic E-state index is 0.0216. The number of nitrogens with one attached hydrogen (secondary N) is 2. The molecule has 1 unspecified atom stereocenters. The van der Waals surface area contributed by atoms with Crippen molar-refractivity contribution in [3.05, 3.63) is 29.8 Å². The smallest absolute Gasteiger partial charge is 0.315 e. The lowest BCUT2D eigenvalue weighted by Crippen LogP contribution is -2.44. The summed E-state index contributed by atoms with van der Waals surface area (Å²) in [4.78, 5) is 14.4. The fourth-order valence-electron chi connectivity index (χ4n) is 2.85. The molecule has 0 saturated carbocycles. The van der Waals surface area contributed by atoms with Gasteiger partial charge in [0.15, 0.2) is 0 Å². The fraction of sp³-hybridized carbons (Fsp3) is 0.562. The van der Waals surface area contributed by atoms with Crippen molar-refractivity contribution >= 4 is 6.03 Å². The van der Waals surface area contributed by atoms with Crippen molar-refractivity contribution in [3.8, 4) is 5.75 Å². The van der Waals surface area contributed by atoms with Crippen LogP contribution in [0, 0.1) is 0 Å². The summed E-state index contributed by atoms with van der Waals surface area (Å²) in [7, 11) is 0. The van der Waals surface area contributed by atoms with Gasteiger partial charge in [-0.25, -0.2) is 4.79 Å². The first-order chi connectivity index (χ1) is 10.8. The molecule has 2 aliphatic heterocycles. The summed E-state index contributed by atoms with van der Waals surface area (Å²) in [6.07, 6.45) is 0.800. The highest BCUT2D eigenvalue weighted by Crippen LogP contribution is 2.31. The van der Waals surface area contributed by atoms with Crippen LogP contribution in [0.2, 0.25) is 0 Å². The van der Waals surface area contributed by atoms with Crippen LogP contribution in [-0.2, 0) is 4.74 Å². The molecule has 1 saturated heterocycles. The van der Waals surface area contributed by atoms with Crippen LogP contribution < -0.4 is 15.4 Å². The number of rotatable bonds is 4. The maximum Gasteiger partial charge on any atom is 0.315 e. The Balaban J connectivity index is 1.44. The molecule has 6 heteroatoms. The maximum atomic E-state index is 12.1. The van der Waals surface area contributed by atoms with E-state index in [2.05, 4.69) is 15.5 Å². The van der Waals surface area contributed by atoms with E-state index in [1.165, 1.54) is 0 Å². The number of nitrogens with zero attached hydrogens (tertiary/aromatic N) is 1. The highest BCUT2D eigenvalue weighted by molar-refractivity contribution is 5.74. The summed E-state index contributed by atoms with van der Waals surface area (Å²) >= 11 is 0. The molecule has 2 aliphatic rings. The third-order valence-corrected chi connectivity index (χ3v) is 4.08. The molecule has 0 bridgehead atoms. The second-order valence-electron chi connectivity index (χ2n) is 5.58. The average Bonchev–Trinajstić information content (AvgIpc) is 2.56. The second kappa shape index (κ2) is 7.47. The lowest BCUT2D eigenvalue weighted by Gasteiger charge is -2.28. The van der Waals surface area contributed by atoms with Gasteiger partial charge in [0.1, 0.15) is 5.75 Å². The van der Waals surface area contributed by atoms with Gasteiger partial charge in [-0.05, 0) is 6.07 Å². The van der Waals surface area contributed by atoms with Gasteiger partial charge in [-0.3, -0.25) is 4.90 Å². The Bertz CT molecular complexity index is 503. The third-order valence-electron chi connectivity index (χ3n) is 4.08. The molecule has 2 N–H and O–H groups in total. The molecule has 3 rings (SSSR count). The Kier molecular flexibility index (Phi) is 5.13. The second-order valence-corrected chi connectivity index (χ2v) is 5.58. The first-order valence-electron chi connectivity index (χ1n) is 7.89. The summed E-state index contributed by atoms with van der Waals surface area (Å²) < 4.78 is 10.9. The minimum Gasteiger partial charge on any atom is -0.493 e. The van der Waals surface area contributed by atoms with Gasteiger partial charge < -0.3 is 20.1 Å². The number of carbonyl (C=O) groups excluding carboxylic acids is 1. The number of hydrogen-bond acceptors (Lipinski definition) is 4. The standard InChI is InChI=1S/C16H23N3O3/c20-16(17-6-7-19-8-11-21-12-9-19)18-14-5-10-22-15-4-2-1-3-13(14)15/h1-4,14H,5-12H2,(H2,17,18,20). The van der Waals surface area contributed by atoms with Crippen molar-refractivity contribution in [3.63, 3.8) is 0 Å². The Labute approximate surface area is 130 Å². The van der Waals surface area contributed by atoms with E-state index in [0.717, 1.165) is 50.6 Å². The van der Waals surface area contributed by atoms with Gasteiger partial charge in [-0.2, -0.15) is 0 Å². The molecule has 6 nitrogen and oxygen atoms in total. The van der Waals surface area contributed by atoms with Gasteiger partial charge in [-0.1, -0.05) is 18.2 Å². The summed E-state index contributed by atoms with van der Waals surface area (Å²) in [5.74, 6) is 0.868. The van der Waals surface area contributed by atoms with Crippen LogP contribution in [0.15, 0.2) is 24.3 Å². The molecule has 0 aliphatic carbocycles. The highest BCUT2D eigenvalue weighted by atomic mass is 16.5. The number of amides is 2. The Morgan fingerprint density at radius 3 is 2.91 bits per heavy atom. The number of urea groups is 1. The third kappa shape index (κ3) is 3.90. The zero-order valence-electron chi connectivity index (χ0n) is 12.7. The average molecular weight is 305 g/mol. The summed E-state index contributed by atoms with van der Waals surface area (Å²) in [5, 5.41) is 5.97. The number of ether oxygens (including phenoxy) is 2. The lowest BCUT2D eigenvalue weighted by molar-refractivity contribution is 0.0387. The molecule has 1 aromatic carbocycles. The molecule has 22 heavy (non-hydrogen) atoms. The first-order valence-corrected chi connectivity index (χ1v) is 7.89. The highest BCUT2D eigenvalue weighted by Gasteiger charge is 2.22. The number of carbonyl (C=O) groups is 1. The van der Waals surface area contributed by atoms with E-state index in [-0.39, 0.29) is 12.1 Å². The Morgan fingerprint density at radius 2 is 2.05 bits per heavy atom. The van der Waals surface area contributed by atoms with Crippen molar-refractivity contribution < 1.29 is 14.3 Å². The molecular formula is C16H23N3O3. The normalized spacial score (nSPS) is 21.5. The van der Waals surface area contributed by atoms with Crippen molar-refractivity contribution in [2.75, 3.05) is 46.0 Å². The lowest BCUT2D eigenvalue weighted by atomic mass is 10.0. The predicted octanol–water partition coefficient (Wildman–Crippen LogP) is 1.14. The zero-order valence-corrected chi connectivity index (χ0v) is 12.7. The van der Waals surface area contributed by atoms with Crippen LogP contribution in [0.5, 0.6) is 5.75 Å². The van der Waals surface area contributed by atoms with E-state index in [4.69, 9.17) is 9.47 Å². The van der Waals surface area contributed by atoms with Crippen LogP contribution in [0.3, 0.4) is 0 Å². The van der Waals surface area contributed by atoms with Gasteiger partial charge in [-0.15, -0.1) is 0 Å². The van der Waals surface area contributed by atoms with Crippen LogP contribution in [0.1, 0.15) is 18.0 Å². The van der Waals surface area contributed by atoms with Crippen molar-refractivity contribution in [1.29, 1.82) is 0 Å². The molecule has 0 radical (unpaired) electrons. The van der Waals surface area contributed by atoms with Gasteiger partial charge in [0.25, 0.3) is 0 Å². The van der Waals surface area contributed by atoms with Crippen molar-refractivity contribution in [1.82, 2.24) is 15.5 Å². The number of fused-ring (bicyclic) bond motifs is 1. The number of hydrogen-bond donors (Lipinski definition) is 2. The van der Waals surface area contributed by atoms with Gasteiger partial charge in [0.2, 0.25) is 0 Å². The zero-order chi connectivity index (χ0) is 15.2. The quantitative estimate of drug-likeness (QED) is 0.876. The monoisotopic (exact) mass is 305 g/mol. The molecule has 0 spiro atoms. The topological polar surface area (TPSA) is 62.8 Å². The van der Waals surface area contributed by atoms with E-state index < -0.39 is 0 Å². The first kappa shape index (κ1) is 15.1. The van der Waals surface area contributed by atoms with Gasteiger partial charge >= 0.3 is 6.03 Å². The minimum atomic E-state index is -0.116. The summed E-state index contributed by atoms with van der Waals surface area (Å²) in [6, 6.07) is 7.78. The fourth-order valence-corrected chi connectivity index (χ4v) is 2.85. The van der Waals surface area contributed by atoms with Crippen LogP contribution >= 0.6 is 0 Å². The van der Waals surface area contributed by atoms with Gasteiger partial charge in [0.05, 0.1) is 25.9 Å². The molecule has 1 fully saturated rings. The van der Waals surface area contributed by atoms with Crippen LogP contribution in [-0.4, -0.2) is 56.9 Å². The van der Waals surface area contributed by atoms with E-state index in [1.54, 1.807) is 0 Å². The molecular weight excluding hydrogens is 282 g/mol. The van der Waals surface area contributed by atoms with E-state index in [9.17, 15) is 4.79 Å². The van der Waals surface area contributed by atoms with E-state index >= 15 is 0 Å². The number of para-hydroxylation sites is 1. The van der Waals surface area contributed by atoms with E-state index in [0.29, 0.717) is 13.2 Å². The molecule has 0 aromatic heterocycles.